The molecule has 1 N–H and O–H groups in total. The molecule has 0 spiro atoms. The number of fused-ring (bicyclic) bond motifs is 2. The standard InChI is InChI=1S/C16H16FN3O.C16H17N3O2/c1-9-4-2-3-5-11(9)13-8-12(17)16-18-15(19-20(13)16)14(21)10-6-7-10;1-9-4-2-3-5-11(9)12-8-13(20)16-17-15(18-19(12)16)14(21)10-6-7-10/h2-5,10,12-13H,6-8H2,1H3;2-5,10,12-13,20H,6-8H2,1H3/t2*12-,13+/m10/s1. The number of hydrogen-bond donors (Lipinski definition) is 1. The summed E-state index contributed by atoms with van der Waals surface area (Å²) in [6.45, 7) is 4.06. The topological polar surface area (TPSA) is 116 Å². The van der Waals surface area contributed by atoms with Crippen LogP contribution in [0.3, 0.4) is 0 Å². The molecule has 2 aromatic carbocycles. The molecule has 2 aromatic heterocycles. The molecule has 9 nitrogen and oxygen atoms in total. The second kappa shape index (κ2) is 10.3. The first kappa shape index (κ1) is 26.8. The van der Waals surface area contributed by atoms with E-state index >= 15 is 0 Å². The first-order valence-corrected chi connectivity index (χ1v) is 14.7. The Morgan fingerprint density at radius 3 is 1.69 bits per heavy atom. The summed E-state index contributed by atoms with van der Waals surface area (Å²) in [5, 5.41) is 18.9. The molecule has 4 heterocycles. The van der Waals surface area contributed by atoms with E-state index in [-0.39, 0.29) is 47.1 Å². The normalized spacial score (nSPS) is 24.1. The van der Waals surface area contributed by atoms with Gasteiger partial charge in [0.25, 0.3) is 0 Å². The van der Waals surface area contributed by atoms with Crippen molar-refractivity contribution in [2.24, 2.45) is 11.8 Å². The summed E-state index contributed by atoms with van der Waals surface area (Å²) in [4.78, 5) is 32.6. The number of Topliss-reactive ketones (excluding diaryl/α,β-unsaturated/α-hetero) is 2. The van der Waals surface area contributed by atoms with Crippen molar-refractivity contribution >= 4 is 11.6 Å². The zero-order valence-electron chi connectivity index (χ0n) is 23.7. The summed E-state index contributed by atoms with van der Waals surface area (Å²) >= 11 is 0. The Balaban J connectivity index is 0.000000137. The third-order valence-corrected chi connectivity index (χ3v) is 8.79. The van der Waals surface area contributed by atoms with E-state index in [1.807, 2.05) is 62.4 Å². The largest absolute Gasteiger partial charge is 0.385 e. The van der Waals surface area contributed by atoms with Crippen molar-refractivity contribution in [1.82, 2.24) is 29.5 Å². The minimum atomic E-state index is -1.15. The van der Waals surface area contributed by atoms with E-state index in [2.05, 4.69) is 20.2 Å². The van der Waals surface area contributed by atoms with E-state index in [0.717, 1.165) is 47.9 Å². The van der Waals surface area contributed by atoms with Gasteiger partial charge in [0.05, 0.1) is 12.1 Å². The first-order chi connectivity index (χ1) is 20.3. The van der Waals surface area contributed by atoms with Crippen molar-refractivity contribution in [1.29, 1.82) is 0 Å². The van der Waals surface area contributed by atoms with Crippen LogP contribution >= 0.6 is 0 Å². The number of halogens is 1. The number of alkyl halides is 1. The Hall–Kier alpha value is -4.05. The molecule has 4 aromatic rings. The molecule has 42 heavy (non-hydrogen) atoms. The maximum Gasteiger partial charge on any atom is 0.217 e. The molecule has 0 unspecified atom stereocenters. The number of rotatable bonds is 6. The summed E-state index contributed by atoms with van der Waals surface area (Å²) < 4.78 is 17.6. The number of aliphatic hydroxyl groups is 1. The first-order valence-electron chi connectivity index (χ1n) is 14.7. The second-order valence-electron chi connectivity index (χ2n) is 12.0. The van der Waals surface area contributed by atoms with Crippen LogP contribution in [0.5, 0.6) is 0 Å². The predicted molar refractivity (Wildman–Crippen MR) is 151 cm³/mol. The van der Waals surface area contributed by atoms with Crippen molar-refractivity contribution in [3.8, 4) is 0 Å². The Kier molecular flexibility index (Phi) is 6.61. The number of benzene rings is 2. The summed E-state index contributed by atoms with van der Waals surface area (Å²) in [7, 11) is 0. The van der Waals surface area contributed by atoms with E-state index in [0.29, 0.717) is 24.5 Å². The minimum Gasteiger partial charge on any atom is -0.385 e. The fraction of sp³-hybridized carbons (Fsp3) is 0.438. The van der Waals surface area contributed by atoms with Crippen LogP contribution in [0.2, 0.25) is 0 Å². The van der Waals surface area contributed by atoms with Gasteiger partial charge in [0.15, 0.2) is 17.8 Å². The maximum absolute atomic E-state index is 14.2. The van der Waals surface area contributed by atoms with Gasteiger partial charge in [-0.1, -0.05) is 48.5 Å². The molecule has 8 rings (SSSR count). The Morgan fingerprint density at radius 2 is 1.19 bits per heavy atom. The highest BCUT2D eigenvalue weighted by Crippen LogP contribution is 2.42. The number of carbonyl (C=O) groups excluding carboxylic acids is 2. The average molecular weight is 569 g/mol. The third-order valence-electron chi connectivity index (χ3n) is 8.79. The molecule has 4 atom stereocenters. The lowest BCUT2D eigenvalue weighted by Crippen LogP contribution is -2.11. The summed E-state index contributed by atoms with van der Waals surface area (Å²) in [6.07, 6.45) is 2.80. The van der Waals surface area contributed by atoms with E-state index in [9.17, 15) is 19.1 Å². The SMILES string of the molecule is Cc1ccccc1[C@@H]1C[C@@H](F)c2nc(C(=O)C3CC3)nn21.Cc1ccccc1[C@@H]1C[C@@H](O)c2nc(C(=O)C3CC3)nn21. The van der Waals surface area contributed by atoms with Crippen molar-refractivity contribution < 1.29 is 19.1 Å². The lowest BCUT2D eigenvalue weighted by atomic mass is 9.99. The van der Waals surface area contributed by atoms with Gasteiger partial charge in [0.1, 0.15) is 6.10 Å². The van der Waals surface area contributed by atoms with E-state index in [4.69, 9.17) is 0 Å². The fourth-order valence-corrected chi connectivity index (χ4v) is 6.09. The van der Waals surface area contributed by atoms with Crippen LogP contribution in [0.15, 0.2) is 48.5 Å². The zero-order valence-corrected chi connectivity index (χ0v) is 23.7. The van der Waals surface area contributed by atoms with E-state index < -0.39 is 12.3 Å². The monoisotopic (exact) mass is 568 g/mol. The van der Waals surface area contributed by atoms with Crippen LogP contribution < -0.4 is 0 Å². The molecular formula is C32H33FN6O3. The Labute approximate surface area is 242 Å². The lowest BCUT2D eigenvalue weighted by Gasteiger charge is -2.14. The smallest absolute Gasteiger partial charge is 0.217 e. The van der Waals surface area contributed by atoms with Crippen LogP contribution in [-0.4, -0.2) is 46.2 Å². The molecule has 2 aliphatic carbocycles. The molecule has 2 aliphatic heterocycles. The van der Waals surface area contributed by atoms with Gasteiger partial charge < -0.3 is 5.11 Å². The second-order valence-corrected chi connectivity index (χ2v) is 12.0. The molecule has 2 saturated carbocycles. The van der Waals surface area contributed by atoms with Crippen LogP contribution in [0.25, 0.3) is 0 Å². The van der Waals surface area contributed by atoms with Crippen molar-refractivity contribution in [2.75, 3.05) is 0 Å². The number of aromatic nitrogens is 6. The predicted octanol–water partition coefficient (Wildman–Crippen LogP) is 5.39. The Bertz CT molecular complexity index is 1560. The van der Waals surface area contributed by atoms with Crippen LogP contribution in [0, 0.1) is 25.7 Å². The summed E-state index contributed by atoms with van der Waals surface area (Å²) in [6, 6.07) is 15.8. The summed E-state index contributed by atoms with van der Waals surface area (Å²) in [5.41, 5.74) is 4.45. The maximum atomic E-state index is 14.2. The number of carbonyl (C=O) groups is 2. The minimum absolute atomic E-state index is 0.0210. The molecule has 4 aliphatic rings. The number of aliphatic hydroxyl groups excluding tert-OH is 1. The van der Waals surface area contributed by atoms with Crippen molar-refractivity contribution in [3.63, 3.8) is 0 Å². The highest BCUT2D eigenvalue weighted by Gasteiger charge is 2.40. The molecule has 0 bridgehead atoms. The van der Waals surface area contributed by atoms with Gasteiger partial charge >= 0.3 is 0 Å². The van der Waals surface area contributed by atoms with Crippen molar-refractivity contribution in [2.45, 2.75) is 76.7 Å². The number of nitrogens with zero attached hydrogens (tertiary/aromatic N) is 6. The molecule has 0 saturated heterocycles. The van der Waals surface area contributed by atoms with Gasteiger partial charge in [-0.3, -0.25) is 9.59 Å². The Morgan fingerprint density at radius 1 is 0.738 bits per heavy atom. The van der Waals surface area contributed by atoms with E-state index in [1.165, 1.54) is 0 Å². The number of hydrogen-bond acceptors (Lipinski definition) is 7. The highest BCUT2D eigenvalue weighted by molar-refractivity contribution is 5.96. The van der Waals surface area contributed by atoms with Gasteiger partial charge in [-0.25, -0.2) is 23.7 Å². The zero-order chi connectivity index (χ0) is 29.1. The van der Waals surface area contributed by atoms with Gasteiger partial charge in [0.2, 0.25) is 23.2 Å². The van der Waals surface area contributed by atoms with Crippen molar-refractivity contribution in [3.05, 3.63) is 94.1 Å². The molecule has 10 heteroatoms. The lowest BCUT2D eigenvalue weighted by molar-refractivity contribution is 0.0948. The quantitative estimate of drug-likeness (QED) is 0.310. The van der Waals surface area contributed by atoms with E-state index in [1.54, 1.807) is 9.36 Å². The number of ketones is 2. The van der Waals surface area contributed by atoms with Crippen LogP contribution in [-0.2, 0) is 0 Å². The van der Waals surface area contributed by atoms with Gasteiger partial charge in [0, 0.05) is 24.7 Å². The average Bonchev–Trinajstić information content (AvgIpc) is 3.87. The molecule has 2 fully saturated rings. The van der Waals surface area contributed by atoms with Gasteiger partial charge in [-0.15, -0.1) is 10.2 Å². The van der Waals surface area contributed by atoms with Gasteiger partial charge in [-0.05, 0) is 61.8 Å². The molecule has 0 amide bonds. The fourth-order valence-electron chi connectivity index (χ4n) is 6.09. The molecule has 216 valence electrons. The molecular weight excluding hydrogens is 535 g/mol. The van der Waals surface area contributed by atoms with Crippen LogP contribution in [0.1, 0.15) is 118 Å². The highest BCUT2D eigenvalue weighted by atomic mass is 19.1. The number of aryl methyl sites for hydroxylation is 2. The third kappa shape index (κ3) is 4.77. The van der Waals surface area contributed by atoms with Gasteiger partial charge in [-0.2, -0.15) is 0 Å². The summed E-state index contributed by atoms with van der Waals surface area (Å²) in [5.74, 6) is 1.42. The van der Waals surface area contributed by atoms with Crippen LogP contribution in [0.4, 0.5) is 4.39 Å². The molecule has 0 radical (unpaired) electrons.